The first-order valence-corrected chi connectivity index (χ1v) is 9.87. The van der Waals surface area contributed by atoms with Crippen LogP contribution in [0.2, 0.25) is 0 Å². The number of benzene rings is 1. The Balaban J connectivity index is 1.61. The molecule has 1 amide bonds. The van der Waals surface area contributed by atoms with Crippen molar-refractivity contribution in [2.75, 3.05) is 24.5 Å². The molecule has 2 aromatic heterocycles. The van der Waals surface area contributed by atoms with E-state index < -0.39 is 0 Å². The Bertz CT molecular complexity index is 994. The first-order valence-electron chi connectivity index (χ1n) is 9.05. The van der Waals surface area contributed by atoms with E-state index in [-0.39, 0.29) is 11.5 Å². The van der Waals surface area contributed by atoms with Gasteiger partial charge in [0.1, 0.15) is 4.83 Å². The van der Waals surface area contributed by atoms with Crippen molar-refractivity contribution >= 4 is 33.1 Å². The van der Waals surface area contributed by atoms with Crippen LogP contribution in [-0.2, 0) is 7.05 Å². The molecule has 0 fully saturated rings. The fourth-order valence-electron chi connectivity index (χ4n) is 3.09. The number of aryl methyl sites for hydroxylation is 2. The molecule has 0 spiro atoms. The lowest BCUT2D eigenvalue weighted by Gasteiger charge is -2.23. The summed E-state index contributed by atoms with van der Waals surface area (Å²) < 4.78 is 1.44. The van der Waals surface area contributed by atoms with Gasteiger partial charge in [-0.05, 0) is 38.0 Å². The lowest BCUT2D eigenvalue weighted by Crippen LogP contribution is -2.29. The summed E-state index contributed by atoms with van der Waals surface area (Å²) in [6.07, 6.45) is 2.34. The zero-order valence-electron chi connectivity index (χ0n) is 15.9. The van der Waals surface area contributed by atoms with Crippen molar-refractivity contribution in [3.05, 3.63) is 57.5 Å². The Kier molecular flexibility index (Phi) is 5.91. The minimum atomic E-state index is -0.139. The summed E-state index contributed by atoms with van der Waals surface area (Å²) in [5.41, 5.74) is 1.78. The van der Waals surface area contributed by atoms with Gasteiger partial charge in [-0.3, -0.25) is 9.59 Å². The summed E-state index contributed by atoms with van der Waals surface area (Å²) in [5, 5.41) is 3.51. The second kappa shape index (κ2) is 8.35. The van der Waals surface area contributed by atoms with Gasteiger partial charge in [0.15, 0.2) is 0 Å². The first-order chi connectivity index (χ1) is 13.0. The Morgan fingerprint density at radius 3 is 2.74 bits per heavy atom. The molecule has 0 radical (unpaired) electrons. The van der Waals surface area contributed by atoms with Gasteiger partial charge in [0, 0.05) is 32.4 Å². The van der Waals surface area contributed by atoms with E-state index in [1.165, 1.54) is 27.9 Å². The lowest BCUT2D eigenvalue weighted by atomic mass is 10.2. The molecule has 27 heavy (non-hydrogen) atoms. The highest BCUT2D eigenvalue weighted by molar-refractivity contribution is 7.20. The highest BCUT2D eigenvalue weighted by Crippen LogP contribution is 2.26. The Labute approximate surface area is 162 Å². The first kappa shape index (κ1) is 19.1. The third kappa shape index (κ3) is 4.03. The number of amides is 1. The minimum Gasteiger partial charge on any atom is -0.372 e. The fourth-order valence-corrected chi connectivity index (χ4v) is 4.14. The summed E-state index contributed by atoms with van der Waals surface area (Å²) >= 11 is 1.27. The number of nitrogens with zero attached hydrogens (tertiary/aromatic N) is 3. The van der Waals surface area contributed by atoms with Crippen LogP contribution in [0.15, 0.2) is 41.5 Å². The van der Waals surface area contributed by atoms with Crippen LogP contribution in [0.25, 0.3) is 10.2 Å². The number of aromatic nitrogens is 2. The van der Waals surface area contributed by atoms with Gasteiger partial charge in [-0.1, -0.05) is 18.2 Å². The van der Waals surface area contributed by atoms with Crippen LogP contribution < -0.4 is 15.8 Å². The highest BCUT2D eigenvalue weighted by Gasteiger charge is 2.18. The molecular weight excluding hydrogens is 360 g/mol. The Morgan fingerprint density at radius 1 is 1.30 bits per heavy atom. The molecule has 142 valence electrons. The van der Waals surface area contributed by atoms with E-state index in [9.17, 15) is 9.59 Å². The molecule has 3 rings (SSSR count). The maximum atomic E-state index is 12.6. The standard InChI is InChI=1S/C20H24N4O2S/c1-4-24(15-9-6-5-7-10-15)12-8-11-21-18(25)17-14(2)16-19(27-17)22-13-23(3)20(16)26/h5-7,9-10,13H,4,8,11-12H2,1-3H3,(H,21,25). The van der Waals surface area contributed by atoms with Crippen molar-refractivity contribution in [2.24, 2.45) is 7.05 Å². The molecular formula is C20H24N4O2S. The summed E-state index contributed by atoms with van der Waals surface area (Å²) in [7, 11) is 1.66. The Morgan fingerprint density at radius 2 is 2.04 bits per heavy atom. The van der Waals surface area contributed by atoms with E-state index in [0.717, 1.165) is 19.5 Å². The van der Waals surface area contributed by atoms with Crippen LogP contribution in [-0.4, -0.2) is 35.1 Å². The van der Waals surface area contributed by atoms with Gasteiger partial charge in [0.25, 0.3) is 11.5 Å². The van der Waals surface area contributed by atoms with E-state index in [1.807, 2.05) is 25.1 Å². The molecule has 0 saturated carbocycles. The normalized spacial score (nSPS) is 10.9. The van der Waals surface area contributed by atoms with Crippen LogP contribution in [0, 0.1) is 6.92 Å². The van der Waals surface area contributed by atoms with Crippen LogP contribution in [0.3, 0.4) is 0 Å². The largest absolute Gasteiger partial charge is 0.372 e. The molecule has 6 nitrogen and oxygen atoms in total. The van der Waals surface area contributed by atoms with Gasteiger partial charge in [0.05, 0.1) is 16.6 Å². The predicted molar refractivity (Wildman–Crippen MR) is 111 cm³/mol. The van der Waals surface area contributed by atoms with Crippen molar-refractivity contribution in [1.29, 1.82) is 0 Å². The number of para-hydroxylation sites is 1. The topological polar surface area (TPSA) is 67.2 Å². The summed E-state index contributed by atoms with van der Waals surface area (Å²) in [6.45, 7) is 6.31. The number of rotatable bonds is 7. The smallest absolute Gasteiger partial charge is 0.262 e. The Hall–Kier alpha value is -2.67. The number of fused-ring (bicyclic) bond motifs is 1. The van der Waals surface area contributed by atoms with Gasteiger partial charge in [-0.2, -0.15) is 0 Å². The van der Waals surface area contributed by atoms with E-state index in [1.54, 1.807) is 7.05 Å². The second-order valence-electron chi connectivity index (χ2n) is 6.42. The van der Waals surface area contributed by atoms with Gasteiger partial charge in [0.2, 0.25) is 0 Å². The molecule has 0 atom stereocenters. The summed E-state index contributed by atoms with van der Waals surface area (Å²) in [6, 6.07) is 10.3. The van der Waals surface area contributed by atoms with Crippen molar-refractivity contribution in [3.63, 3.8) is 0 Å². The highest BCUT2D eigenvalue weighted by atomic mass is 32.1. The maximum Gasteiger partial charge on any atom is 0.262 e. The SMILES string of the molecule is CCN(CCCNC(=O)c1sc2ncn(C)c(=O)c2c1C)c1ccccc1. The molecule has 7 heteroatoms. The van der Waals surface area contributed by atoms with Crippen LogP contribution in [0.1, 0.15) is 28.6 Å². The summed E-state index contributed by atoms with van der Waals surface area (Å²) in [5.74, 6) is -0.139. The maximum absolute atomic E-state index is 12.6. The molecule has 1 aromatic carbocycles. The predicted octanol–water partition coefficient (Wildman–Crippen LogP) is 2.95. The molecule has 0 aliphatic heterocycles. The zero-order valence-corrected chi connectivity index (χ0v) is 16.7. The van der Waals surface area contributed by atoms with E-state index >= 15 is 0 Å². The number of hydrogen-bond donors (Lipinski definition) is 1. The van der Waals surface area contributed by atoms with Crippen LogP contribution >= 0.6 is 11.3 Å². The molecule has 2 heterocycles. The van der Waals surface area contributed by atoms with Crippen molar-refractivity contribution in [1.82, 2.24) is 14.9 Å². The number of nitrogens with one attached hydrogen (secondary N) is 1. The zero-order chi connectivity index (χ0) is 19.4. The number of thiophene rings is 1. The van der Waals surface area contributed by atoms with Crippen molar-refractivity contribution in [2.45, 2.75) is 20.3 Å². The second-order valence-corrected chi connectivity index (χ2v) is 7.42. The number of carbonyl (C=O) groups is 1. The van der Waals surface area contributed by atoms with E-state index in [2.05, 4.69) is 34.3 Å². The quantitative estimate of drug-likeness (QED) is 0.636. The fraction of sp³-hybridized carbons (Fsp3) is 0.350. The molecule has 3 aromatic rings. The van der Waals surface area contributed by atoms with Gasteiger partial charge in [-0.25, -0.2) is 4.98 Å². The van der Waals surface area contributed by atoms with Gasteiger partial charge >= 0.3 is 0 Å². The summed E-state index contributed by atoms with van der Waals surface area (Å²) in [4.78, 5) is 32.6. The van der Waals surface area contributed by atoms with Gasteiger partial charge in [-0.15, -0.1) is 11.3 Å². The lowest BCUT2D eigenvalue weighted by molar-refractivity contribution is 0.0957. The van der Waals surface area contributed by atoms with E-state index in [0.29, 0.717) is 27.2 Å². The minimum absolute atomic E-state index is 0.116. The van der Waals surface area contributed by atoms with Crippen molar-refractivity contribution in [3.8, 4) is 0 Å². The average Bonchev–Trinajstić information content (AvgIpc) is 3.02. The third-order valence-electron chi connectivity index (χ3n) is 4.61. The third-order valence-corrected chi connectivity index (χ3v) is 5.81. The number of carbonyl (C=O) groups excluding carboxylic acids is 1. The van der Waals surface area contributed by atoms with Gasteiger partial charge < -0.3 is 14.8 Å². The van der Waals surface area contributed by atoms with E-state index in [4.69, 9.17) is 0 Å². The van der Waals surface area contributed by atoms with Crippen LogP contribution in [0.5, 0.6) is 0 Å². The monoisotopic (exact) mass is 384 g/mol. The molecule has 0 unspecified atom stereocenters. The molecule has 0 saturated heterocycles. The van der Waals surface area contributed by atoms with Crippen molar-refractivity contribution < 1.29 is 4.79 Å². The van der Waals surface area contributed by atoms with Crippen LogP contribution in [0.4, 0.5) is 5.69 Å². The molecule has 0 aliphatic rings. The average molecular weight is 385 g/mol. The molecule has 0 bridgehead atoms. The number of anilines is 1. The molecule has 0 aliphatic carbocycles. The number of hydrogen-bond acceptors (Lipinski definition) is 5. The molecule has 1 N–H and O–H groups in total.